The summed E-state index contributed by atoms with van der Waals surface area (Å²) in [7, 11) is 0. The normalized spacial score (nSPS) is 10.8. The van der Waals surface area contributed by atoms with E-state index in [4.69, 9.17) is 5.21 Å². The van der Waals surface area contributed by atoms with E-state index >= 15 is 0 Å². The van der Waals surface area contributed by atoms with Crippen LogP contribution in [0.3, 0.4) is 0 Å². The quantitative estimate of drug-likeness (QED) is 0.326. The lowest BCUT2D eigenvalue weighted by atomic mass is 9.95. The van der Waals surface area contributed by atoms with Gasteiger partial charge in [0, 0.05) is 11.1 Å². The molecule has 0 spiro atoms. The highest BCUT2D eigenvalue weighted by molar-refractivity contribution is 5.89. The predicted molar refractivity (Wildman–Crippen MR) is 92.4 cm³/mol. The predicted octanol–water partition coefficient (Wildman–Crippen LogP) is 4.03. The fraction of sp³-hybridized carbons (Fsp3) is 0.105. The average Bonchev–Trinajstić information content (AvgIpc) is 2.53. The SMILES string of the molecule is C=CCc1cc(/C=N\O)c(O)c(-c2ccc(O)c(CC=C)c2)c1. The van der Waals surface area contributed by atoms with Gasteiger partial charge in [0.05, 0.1) is 6.21 Å². The van der Waals surface area contributed by atoms with Crippen molar-refractivity contribution < 1.29 is 15.4 Å². The second-order valence-electron chi connectivity index (χ2n) is 5.15. The molecule has 0 unspecified atom stereocenters. The number of hydrogen-bond acceptors (Lipinski definition) is 4. The summed E-state index contributed by atoms with van der Waals surface area (Å²) < 4.78 is 0. The van der Waals surface area contributed by atoms with Gasteiger partial charge in [-0.2, -0.15) is 0 Å². The van der Waals surface area contributed by atoms with Crippen molar-refractivity contribution in [3.8, 4) is 22.6 Å². The number of rotatable bonds is 6. The van der Waals surface area contributed by atoms with Gasteiger partial charge in [-0.25, -0.2) is 0 Å². The van der Waals surface area contributed by atoms with Gasteiger partial charge in [0.2, 0.25) is 0 Å². The Hall–Kier alpha value is -3.01. The van der Waals surface area contributed by atoms with E-state index in [-0.39, 0.29) is 11.5 Å². The molecule has 0 aliphatic heterocycles. The van der Waals surface area contributed by atoms with Gasteiger partial charge < -0.3 is 15.4 Å². The summed E-state index contributed by atoms with van der Waals surface area (Å²) in [6.45, 7) is 7.39. The first-order valence-electron chi connectivity index (χ1n) is 7.18. The Labute approximate surface area is 135 Å². The zero-order valence-electron chi connectivity index (χ0n) is 12.7. The molecule has 0 fully saturated rings. The first-order valence-corrected chi connectivity index (χ1v) is 7.18. The topological polar surface area (TPSA) is 73.1 Å². The molecule has 0 heterocycles. The van der Waals surface area contributed by atoms with E-state index in [1.54, 1.807) is 30.4 Å². The Morgan fingerprint density at radius 1 is 1.00 bits per heavy atom. The lowest BCUT2D eigenvalue weighted by Gasteiger charge is -2.12. The van der Waals surface area contributed by atoms with Crippen molar-refractivity contribution in [1.29, 1.82) is 0 Å². The van der Waals surface area contributed by atoms with Crippen LogP contribution in [0.15, 0.2) is 60.8 Å². The molecule has 0 aliphatic carbocycles. The first-order chi connectivity index (χ1) is 11.1. The Kier molecular flexibility index (Phi) is 5.20. The van der Waals surface area contributed by atoms with Gasteiger partial charge in [-0.15, -0.1) is 13.2 Å². The molecule has 3 N–H and O–H groups in total. The van der Waals surface area contributed by atoms with Gasteiger partial charge in [-0.1, -0.05) is 23.4 Å². The highest BCUT2D eigenvalue weighted by Gasteiger charge is 2.12. The van der Waals surface area contributed by atoms with Crippen molar-refractivity contribution in [2.45, 2.75) is 12.8 Å². The first kappa shape index (κ1) is 16.4. The largest absolute Gasteiger partial charge is 0.508 e. The zero-order valence-corrected chi connectivity index (χ0v) is 12.7. The molecule has 0 aliphatic rings. The second kappa shape index (κ2) is 7.31. The van der Waals surface area contributed by atoms with Crippen molar-refractivity contribution in [3.05, 3.63) is 72.3 Å². The van der Waals surface area contributed by atoms with Crippen LogP contribution in [-0.4, -0.2) is 21.6 Å². The van der Waals surface area contributed by atoms with Gasteiger partial charge >= 0.3 is 0 Å². The Bertz CT molecular complexity index is 763. The lowest BCUT2D eigenvalue weighted by Crippen LogP contribution is -1.93. The summed E-state index contributed by atoms with van der Waals surface area (Å²) in [4.78, 5) is 0. The third-order valence-corrected chi connectivity index (χ3v) is 3.53. The van der Waals surface area contributed by atoms with Crippen molar-refractivity contribution in [3.63, 3.8) is 0 Å². The average molecular weight is 309 g/mol. The van der Waals surface area contributed by atoms with Crippen LogP contribution in [0, 0.1) is 0 Å². The van der Waals surface area contributed by atoms with E-state index in [0.717, 1.165) is 16.7 Å². The molecule has 0 atom stereocenters. The Balaban J connectivity index is 2.63. The third-order valence-electron chi connectivity index (χ3n) is 3.53. The highest BCUT2D eigenvalue weighted by atomic mass is 16.4. The molecule has 0 radical (unpaired) electrons. The number of aromatic hydroxyl groups is 2. The van der Waals surface area contributed by atoms with E-state index < -0.39 is 0 Å². The maximum atomic E-state index is 10.4. The van der Waals surface area contributed by atoms with E-state index in [1.165, 1.54) is 6.21 Å². The van der Waals surface area contributed by atoms with Gasteiger partial charge in [-0.3, -0.25) is 0 Å². The smallest absolute Gasteiger partial charge is 0.132 e. The zero-order chi connectivity index (χ0) is 16.8. The van der Waals surface area contributed by atoms with E-state index in [0.29, 0.717) is 24.0 Å². The van der Waals surface area contributed by atoms with Crippen LogP contribution in [0.5, 0.6) is 11.5 Å². The molecule has 4 heteroatoms. The monoisotopic (exact) mass is 309 g/mol. The number of benzene rings is 2. The maximum Gasteiger partial charge on any atom is 0.132 e. The molecule has 0 bridgehead atoms. The summed E-state index contributed by atoms with van der Waals surface area (Å²) in [5, 5.41) is 32.1. The molecular formula is C19H19NO3. The summed E-state index contributed by atoms with van der Waals surface area (Å²) in [6.07, 6.45) is 5.80. The number of phenols is 2. The van der Waals surface area contributed by atoms with E-state index in [2.05, 4.69) is 18.3 Å². The number of hydrogen-bond donors (Lipinski definition) is 3. The third kappa shape index (κ3) is 3.61. The summed E-state index contributed by atoms with van der Waals surface area (Å²) >= 11 is 0. The second-order valence-corrected chi connectivity index (χ2v) is 5.15. The molecule has 23 heavy (non-hydrogen) atoms. The van der Waals surface area contributed by atoms with Crippen LogP contribution in [0.2, 0.25) is 0 Å². The summed E-state index contributed by atoms with van der Waals surface area (Å²) in [5.41, 5.74) is 3.44. The van der Waals surface area contributed by atoms with Crippen molar-refractivity contribution in [1.82, 2.24) is 0 Å². The molecule has 2 aromatic carbocycles. The van der Waals surface area contributed by atoms with Gasteiger partial charge in [0.25, 0.3) is 0 Å². The molecule has 0 saturated heterocycles. The highest BCUT2D eigenvalue weighted by Crippen LogP contribution is 2.35. The molecule has 0 saturated carbocycles. The summed E-state index contributed by atoms with van der Waals surface area (Å²) in [6, 6.07) is 8.73. The van der Waals surface area contributed by atoms with Crippen molar-refractivity contribution in [2.24, 2.45) is 5.16 Å². The summed E-state index contributed by atoms with van der Waals surface area (Å²) in [5.74, 6) is 0.207. The van der Waals surface area contributed by atoms with Crippen LogP contribution in [0.25, 0.3) is 11.1 Å². The molecule has 4 nitrogen and oxygen atoms in total. The Morgan fingerprint density at radius 3 is 2.39 bits per heavy atom. The number of oxime groups is 1. The van der Waals surface area contributed by atoms with Crippen LogP contribution >= 0.6 is 0 Å². The minimum absolute atomic E-state index is 0.0193. The molecule has 118 valence electrons. The van der Waals surface area contributed by atoms with Crippen LogP contribution in [-0.2, 0) is 12.8 Å². The van der Waals surface area contributed by atoms with E-state index in [1.807, 2.05) is 12.1 Å². The van der Waals surface area contributed by atoms with Crippen LogP contribution in [0.4, 0.5) is 0 Å². The van der Waals surface area contributed by atoms with Crippen LogP contribution in [0.1, 0.15) is 16.7 Å². The van der Waals surface area contributed by atoms with E-state index in [9.17, 15) is 10.2 Å². The Morgan fingerprint density at radius 2 is 1.74 bits per heavy atom. The van der Waals surface area contributed by atoms with Gasteiger partial charge in [0.1, 0.15) is 11.5 Å². The van der Waals surface area contributed by atoms with Crippen LogP contribution < -0.4 is 0 Å². The number of allylic oxidation sites excluding steroid dienone is 2. The molecule has 2 aromatic rings. The standard InChI is InChI=1S/C19H19NO3/c1-3-5-13-9-16(12-20-23)19(22)17(10-13)14-7-8-18(21)15(11-14)6-4-2/h3-4,7-12,21-23H,1-2,5-6H2/b20-12-. The fourth-order valence-corrected chi connectivity index (χ4v) is 2.46. The van der Waals surface area contributed by atoms with Crippen molar-refractivity contribution >= 4 is 6.21 Å². The van der Waals surface area contributed by atoms with Crippen molar-refractivity contribution in [2.75, 3.05) is 0 Å². The van der Waals surface area contributed by atoms with Gasteiger partial charge in [-0.05, 0) is 53.8 Å². The molecule has 0 amide bonds. The minimum Gasteiger partial charge on any atom is -0.508 e. The maximum absolute atomic E-state index is 10.4. The fourth-order valence-electron chi connectivity index (χ4n) is 2.46. The number of nitrogens with zero attached hydrogens (tertiary/aromatic N) is 1. The molecular weight excluding hydrogens is 290 g/mol. The lowest BCUT2D eigenvalue weighted by molar-refractivity contribution is 0.321. The van der Waals surface area contributed by atoms with Gasteiger partial charge in [0.15, 0.2) is 0 Å². The molecule has 0 aromatic heterocycles. The minimum atomic E-state index is 0.0193. The number of phenolic OH excluding ortho intramolecular Hbond substituents is 2. The molecule has 2 rings (SSSR count).